The van der Waals surface area contributed by atoms with Crippen LogP contribution in [0.1, 0.15) is 81.6 Å². The van der Waals surface area contributed by atoms with Crippen molar-refractivity contribution in [1.29, 1.82) is 0 Å². The number of allylic oxidation sites excluding steroid dienone is 25. The molecule has 1 N–H and O–H groups in total. The van der Waals surface area contributed by atoms with E-state index in [1.54, 1.807) is 19.1 Å². The van der Waals surface area contributed by atoms with Crippen molar-refractivity contribution >= 4 is 5.97 Å². The summed E-state index contributed by atoms with van der Waals surface area (Å²) in [6.45, 7) is 19.0. The van der Waals surface area contributed by atoms with Gasteiger partial charge in [0.25, 0.3) is 0 Å². The summed E-state index contributed by atoms with van der Waals surface area (Å²) >= 11 is 0. The zero-order valence-electron chi connectivity index (χ0n) is 27.4. The van der Waals surface area contributed by atoms with Gasteiger partial charge in [0.1, 0.15) is 0 Å². The molecular formula is C40H52O2. The summed E-state index contributed by atoms with van der Waals surface area (Å²) in [6, 6.07) is 0. The van der Waals surface area contributed by atoms with E-state index in [9.17, 15) is 4.79 Å². The minimum absolute atomic E-state index is 0.275. The molecule has 1 aliphatic rings. The molecular weight excluding hydrogens is 512 g/mol. The lowest BCUT2D eigenvalue weighted by Crippen LogP contribution is -2.19. The molecule has 0 fully saturated rings. The predicted molar refractivity (Wildman–Crippen MR) is 185 cm³/mol. The number of hydrogen-bond donors (Lipinski definition) is 1. The molecule has 2 nitrogen and oxygen atoms in total. The third-order valence-corrected chi connectivity index (χ3v) is 7.08. The summed E-state index contributed by atoms with van der Waals surface area (Å²) < 4.78 is 0. The molecule has 1 aliphatic carbocycles. The Kier molecular flexibility index (Phi) is 16.6. The van der Waals surface area contributed by atoms with E-state index in [1.807, 2.05) is 31.2 Å². The predicted octanol–water partition coefficient (Wildman–Crippen LogP) is 11.6. The minimum atomic E-state index is -0.902. The summed E-state index contributed by atoms with van der Waals surface area (Å²) in [5, 5.41) is 8.87. The smallest absolute Gasteiger partial charge is 0.331 e. The van der Waals surface area contributed by atoms with Crippen LogP contribution in [0.4, 0.5) is 0 Å². The number of hydrogen-bond acceptors (Lipinski definition) is 1. The van der Waals surface area contributed by atoms with Crippen molar-refractivity contribution in [1.82, 2.24) is 0 Å². The Morgan fingerprint density at radius 3 is 1.40 bits per heavy atom. The van der Waals surface area contributed by atoms with Gasteiger partial charge in [-0.15, -0.1) is 0 Å². The van der Waals surface area contributed by atoms with Gasteiger partial charge in [-0.1, -0.05) is 157 Å². The molecule has 0 aliphatic heterocycles. The van der Waals surface area contributed by atoms with Crippen LogP contribution in [0.25, 0.3) is 0 Å². The Bertz CT molecular complexity index is 1330. The van der Waals surface area contributed by atoms with Crippen LogP contribution in [-0.2, 0) is 4.79 Å². The average Bonchev–Trinajstić information content (AvgIpc) is 2.90. The molecule has 0 aromatic heterocycles. The van der Waals surface area contributed by atoms with Crippen LogP contribution in [0.2, 0.25) is 0 Å². The first-order chi connectivity index (χ1) is 19.8. The first-order valence-electron chi connectivity index (χ1n) is 14.8. The van der Waals surface area contributed by atoms with Gasteiger partial charge in [-0.25, -0.2) is 4.79 Å². The Labute approximate surface area is 256 Å². The molecule has 0 heterocycles. The van der Waals surface area contributed by atoms with Crippen molar-refractivity contribution in [2.24, 2.45) is 5.41 Å². The monoisotopic (exact) mass is 564 g/mol. The summed E-state index contributed by atoms with van der Waals surface area (Å²) in [6.07, 6.45) is 40.6. The Morgan fingerprint density at radius 1 is 0.619 bits per heavy atom. The van der Waals surface area contributed by atoms with Crippen LogP contribution in [0.3, 0.4) is 0 Å². The maximum absolute atomic E-state index is 10.8. The Hall–Kier alpha value is -3.91. The van der Waals surface area contributed by atoms with Gasteiger partial charge in [-0.05, 0) is 78.7 Å². The van der Waals surface area contributed by atoms with Crippen LogP contribution >= 0.6 is 0 Å². The van der Waals surface area contributed by atoms with E-state index in [2.05, 4.69) is 121 Å². The molecule has 0 amide bonds. The topological polar surface area (TPSA) is 37.3 Å². The highest BCUT2D eigenvalue weighted by molar-refractivity contribution is 5.86. The molecule has 0 unspecified atom stereocenters. The second-order valence-corrected chi connectivity index (χ2v) is 11.8. The van der Waals surface area contributed by atoms with Gasteiger partial charge in [0.15, 0.2) is 0 Å². The Balaban J connectivity index is 2.61. The lowest BCUT2D eigenvalue weighted by molar-refractivity contribution is -0.132. The van der Waals surface area contributed by atoms with Gasteiger partial charge in [-0.3, -0.25) is 0 Å². The van der Waals surface area contributed by atoms with Gasteiger partial charge in [0, 0.05) is 5.57 Å². The number of carboxylic acid groups (broad SMARTS) is 1. The molecule has 0 saturated carbocycles. The van der Waals surface area contributed by atoms with E-state index < -0.39 is 5.97 Å². The lowest BCUT2D eigenvalue weighted by atomic mass is 9.72. The quantitative estimate of drug-likeness (QED) is 0.178. The van der Waals surface area contributed by atoms with Crippen LogP contribution in [0.15, 0.2) is 154 Å². The van der Waals surface area contributed by atoms with Crippen molar-refractivity contribution < 1.29 is 9.90 Å². The molecule has 42 heavy (non-hydrogen) atoms. The van der Waals surface area contributed by atoms with Crippen molar-refractivity contribution in [3.8, 4) is 0 Å². The molecule has 0 bridgehead atoms. The number of carboxylic acids is 1. The molecule has 2 heteroatoms. The van der Waals surface area contributed by atoms with Gasteiger partial charge >= 0.3 is 5.97 Å². The fraction of sp³-hybridized carbons (Fsp3) is 0.325. The fourth-order valence-corrected chi connectivity index (χ4v) is 4.39. The van der Waals surface area contributed by atoms with Crippen LogP contribution in [0, 0.1) is 5.41 Å². The van der Waals surface area contributed by atoms with Crippen molar-refractivity contribution in [3.05, 3.63) is 154 Å². The van der Waals surface area contributed by atoms with Crippen molar-refractivity contribution in [2.75, 3.05) is 0 Å². The lowest BCUT2D eigenvalue weighted by Gasteiger charge is -2.32. The molecule has 0 saturated heterocycles. The summed E-state index contributed by atoms with van der Waals surface area (Å²) in [5.41, 5.74) is 9.42. The van der Waals surface area contributed by atoms with E-state index in [0.29, 0.717) is 5.57 Å². The highest BCUT2D eigenvalue weighted by Crippen LogP contribution is 2.40. The molecule has 0 spiro atoms. The van der Waals surface area contributed by atoms with E-state index in [4.69, 9.17) is 5.11 Å². The third kappa shape index (κ3) is 15.8. The molecule has 0 aromatic rings. The standard InChI is InChI=1S/C40H52O2/c1-31(19-12-21-33(3)22-13-23-34(4)25-15-26-37(7)39(41)42)17-10-11-18-32(2)20-14-24-35(5)28-29-38-36(6)27-16-30-40(38,8)9/h10-15,17-26,28-29H,16,27,30H2,1-9H3,(H,41,42)/b11-10+,19-12+,20-14+,22-13+,25-15-,29-28+,31-17+,32-18+,33-21+,34-23+,35-24+,37-26+. The normalized spacial score (nSPS) is 18.9. The number of rotatable bonds is 13. The van der Waals surface area contributed by atoms with Crippen molar-refractivity contribution in [2.45, 2.75) is 81.6 Å². The first kappa shape index (κ1) is 36.1. The zero-order chi connectivity index (χ0) is 31.5. The maximum Gasteiger partial charge on any atom is 0.331 e. The summed E-state index contributed by atoms with van der Waals surface area (Å²) in [5.74, 6) is -0.902. The van der Waals surface area contributed by atoms with E-state index in [1.165, 1.54) is 47.1 Å². The van der Waals surface area contributed by atoms with E-state index >= 15 is 0 Å². The largest absolute Gasteiger partial charge is 0.478 e. The molecule has 224 valence electrons. The zero-order valence-corrected chi connectivity index (χ0v) is 27.4. The van der Waals surface area contributed by atoms with Gasteiger partial charge < -0.3 is 5.11 Å². The maximum atomic E-state index is 10.8. The van der Waals surface area contributed by atoms with Crippen LogP contribution < -0.4 is 0 Å². The Morgan fingerprint density at radius 2 is 1.00 bits per heavy atom. The fourth-order valence-electron chi connectivity index (χ4n) is 4.39. The second-order valence-electron chi connectivity index (χ2n) is 11.8. The summed E-state index contributed by atoms with van der Waals surface area (Å²) in [4.78, 5) is 10.8. The molecule has 0 atom stereocenters. The molecule has 0 aromatic carbocycles. The SMILES string of the molecule is CC1=C(/C=C/C(C)=C/C=C/C(C)=C/C=C/C=C(C)/C=C/C=C(C)/C=C/C=C(C)/C=C\C=C(/C)C(=O)O)C(C)(C)CCC1. The van der Waals surface area contributed by atoms with Gasteiger partial charge in [0.2, 0.25) is 0 Å². The van der Waals surface area contributed by atoms with Crippen molar-refractivity contribution in [3.63, 3.8) is 0 Å². The number of carbonyl (C=O) groups is 1. The first-order valence-corrected chi connectivity index (χ1v) is 14.8. The van der Waals surface area contributed by atoms with E-state index in [-0.39, 0.29) is 5.41 Å². The van der Waals surface area contributed by atoms with Crippen LogP contribution in [0.5, 0.6) is 0 Å². The highest BCUT2D eigenvalue weighted by Gasteiger charge is 2.26. The van der Waals surface area contributed by atoms with E-state index in [0.717, 1.165) is 11.1 Å². The van der Waals surface area contributed by atoms with Gasteiger partial charge in [-0.2, -0.15) is 0 Å². The number of aliphatic carboxylic acids is 1. The molecule has 0 radical (unpaired) electrons. The van der Waals surface area contributed by atoms with Gasteiger partial charge in [0.05, 0.1) is 0 Å². The highest BCUT2D eigenvalue weighted by atomic mass is 16.4. The minimum Gasteiger partial charge on any atom is -0.478 e. The van der Waals surface area contributed by atoms with Crippen LogP contribution in [-0.4, -0.2) is 11.1 Å². The third-order valence-electron chi connectivity index (χ3n) is 7.08. The second kappa shape index (κ2) is 19.3. The summed E-state index contributed by atoms with van der Waals surface area (Å²) in [7, 11) is 0. The average molecular weight is 565 g/mol. The molecule has 1 rings (SSSR count).